The molecule has 1 aliphatic heterocycles. The van der Waals surface area contributed by atoms with E-state index in [0.29, 0.717) is 0 Å². The van der Waals surface area contributed by atoms with Crippen LogP contribution in [0.2, 0.25) is 0 Å². The summed E-state index contributed by atoms with van der Waals surface area (Å²) < 4.78 is 1.90. The molecule has 2 aromatic rings. The lowest BCUT2D eigenvalue weighted by molar-refractivity contribution is 0.322. The average molecular weight is 284 g/mol. The van der Waals surface area contributed by atoms with Gasteiger partial charge in [0.15, 0.2) is 11.6 Å². The minimum atomic E-state index is 0.877. The lowest BCUT2D eigenvalue weighted by atomic mass is 10.1. The standard InChI is InChI=1S/C17H24N4/c1-3-6-14-7-9-15(10-8-14)17-18-16(19-20(17)2)13-21-11-4-5-12-21/h7-10H,3-6,11-13H2,1-2H3. The average Bonchev–Trinajstić information content (AvgIpc) is 3.11. The maximum absolute atomic E-state index is 4.73. The van der Waals surface area contributed by atoms with Crippen LogP contribution in [0.25, 0.3) is 11.4 Å². The van der Waals surface area contributed by atoms with Gasteiger partial charge in [-0.2, -0.15) is 5.10 Å². The van der Waals surface area contributed by atoms with Gasteiger partial charge in [0.05, 0.1) is 6.54 Å². The molecule has 4 heteroatoms. The smallest absolute Gasteiger partial charge is 0.165 e. The molecule has 0 saturated carbocycles. The van der Waals surface area contributed by atoms with Crippen LogP contribution in [-0.4, -0.2) is 32.8 Å². The second kappa shape index (κ2) is 6.39. The zero-order chi connectivity index (χ0) is 14.7. The number of nitrogens with zero attached hydrogens (tertiary/aromatic N) is 4. The van der Waals surface area contributed by atoms with Crippen LogP contribution in [-0.2, 0) is 20.0 Å². The Kier molecular flexibility index (Phi) is 4.34. The molecule has 0 radical (unpaired) electrons. The van der Waals surface area contributed by atoms with Crippen molar-refractivity contribution in [1.82, 2.24) is 19.7 Å². The van der Waals surface area contributed by atoms with Crippen molar-refractivity contribution in [2.24, 2.45) is 7.05 Å². The van der Waals surface area contributed by atoms with E-state index in [0.717, 1.165) is 30.2 Å². The maximum Gasteiger partial charge on any atom is 0.165 e. The lowest BCUT2D eigenvalue weighted by Crippen LogP contribution is -2.19. The Morgan fingerprint density at radius 3 is 2.48 bits per heavy atom. The summed E-state index contributed by atoms with van der Waals surface area (Å²) in [6.07, 6.45) is 4.93. The molecule has 1 saturated heterocycles. The molecule has 3 rings (SSSR count). The number of aryl methyl sites for hydroxylation is 2. The first-order valence-electron chi connectivity index (χ1n) is 7.98. The van der Waals surface area contributed by atoms with Crippen molar-refractivity contribution >= 4 is 0 Å². The van der Waals surface area contributed by atoms with Crippen molar-refractivity contribution in [2.45, 2.75) is 39.2 Å². The number of hydrogen-bond donors (Lipinski definition) is 0. The second-order valence-corrected chi connectivity index (χ2v) is 5.91. The highest BCUT2D eigenvalue weighted by Crippen LogP contribution is 2.19. The normalized spacial score (nSPS) is 15.7. The van der Waals surface area contributed by atoms with Gasteiger partial charge in [-0.3, -0.25) is 4.90 Å². The second-order valence-electron chi connectivity index (χ2n) is 5.91. The van der Waals surface area contributed by atoms with E-state index in [-0.39, 0.29) is 0 Å². The van der Waals surface area contributed by atoms with Gasteiger partial charge in [-0.25, -0.2) is 9.67 Å². The molecule has 21 heavy (non-hydrogen) atoms. The van der Waals surface area contributed by atoms with Crippen LogP contribution in [0, 0.1) is 0 Å². The van der Waals surface area contributed by atoms with Crippen LogP contribution >= 0.6 is 0 Å². The van der Waals surface area contributed by atoms with Gasteiger partial charge in [0.25, 0.3) is 0 Å². The molecule has 0 bridgehead atoms. The summed E-state index contributed by atoms with van der Waals surface area (Å²) in [4.78, 5) is 7.16. The van der Waals surface area contributed by atoms with Crippen molar-refractivity contribution in [3.8, 4) is 11.4 Å². The van der Waals surface area contributed by atoms with Crippen molar-refractivity contribution in [3.05, 3.63) is 35.7 Å². The van der Waals surface area contributed by atoms with Crippen LogP contribution in [0.5, 0.6) is 0 Å². The first-order chi connectivity index (χ1) is 10.3. The molecule has 112 valence electrons. The van der Waals surface area contributed by atoms with E-state index >= 15 is 0 Å². The van der Waals surface area contributed by atoms with Crippen molar-refractivity contribution < 1.29 is 0 Å². The molecular weight excluding hydrogens is 260 g/mol. The Morgan fingerprint density at radius 2 is 1.81 bits per heavy atom. The van der Waals surface area contributed by atoms with Gasteiger partial charge in [-0.15, -0.1) is 0 Å². The van der Waals surface area contributed by atoms with Crippen LogP contribution < -0.4 is 0 Å². The van der Waals surface area contributed by atoms with E-state index in [2.05, 4.69) is 41.2 Å². The Hall–Kier alpha value is -1.68. The number of likely N-dealkylation sites (tertiary alicyclic amines) is 1. The summed E-state index contributed by atoms with van der Waals surface area (Å²) >= 11 is 0. The summed E-state index contributed by atoms with van der Waals surface area (Å²) in [5.41, 5.74) is 2.54. The Morgan fingerprint density at radius 1 is 1.10 bits per heavy atom. The first kappa shape index (κ1) is 14.3. The largest absolute Gasteiger partial charge is 0.296 e. The van der Waals surface area contributed by atoms with Gasteiger partial charge in [0, 0.05) is 12.6 Å². The van der Waals surface area contributed by atoms with E-state index in [9.17, 15) is 0 Å². The molecule has 2 heterocycles. The van der Waals surface area contributed by atoms with Gasteiger partial charge < -0.3 is 0 Å². The van der Waals surface area contributed by atoms with E-state index < -0.39 is 0 Å². The third-order valence-corrected chi connectivity index (χ3v) is 4.12. The molecule has 1 fully saturated rings. The quantitative estimate of drug-likeness (QED) is 0.846. The molecule has 0 aliphatic carbocycles. The van der Waals surface area contributed by atoms with Crippen molar-refractivity contribution in [1.29, 1.82) is 0 Å². The summed E-state index contributed by atoms with van der Waals surface area (Å²) in [5, 5.41) is 4.57. The van der Waals surface area contributed by atoms with E-state index in [1.54, 1.807) is 0 Å². The summed E-state index contributed by atoms with van der Waals surface area (Å²) in [7, 11) is 1.98. The number of aromatic nitrogens is 3. The molecule has 4 nitrogen and oxygen atoms in total. The van der Waals surface area contributed by atoms with Crippen LogP contribution in [0.15, 0.2) is 24.3 Å². The SMILES string of the molecule is CCCc1ccc(-c2nc(CN3CCCC3)nn2C)cc1. The third kappa shape index (κ3) is 3.32. The monoisotopic (exact) mass is 284 g/mol. The molecule has 0 atom stereocenters. The van der Waals surface area contributed by atoms with E-state index in [1.807, 2.05) is 11.7 Å². The van der Waals surface area contributed by atoms with E-state index in [4.69, 9.17) is 4.98 Å². The molecule has 0 amide bonds. The number of hydrogen-bond acceptors (Lipinski definition) is 3. The van der Waals surface area contributed by atoms with E-state index in [1.165, 1.54) is 37.9 Å². The molecule has 0 spiro atoms. The predicted octanol–water partition coefficient (Wildman–Crippen LogP) is 3.03. The first-order valence-corrected chi connectivity index (χ1v) is 7.98. The Bertz CT molecular complexity index is 579. The van der Waals surface area contributed by atoms with Gasteiger partial charge in [0.2, 0.25) is 0 Å². The fraction of sp³-hybridized carbons (Fsp3) is 0.529. The Balaban J connectivity index is 1.76. The lowest BCUT2D eigenvalue weighted by Gasteiger charge is -2.10. The van der Waals surface area contributed by atoms with Crippen molar-refractivity contribution in [2.75, 3.05) is 13.1 Å². The minimum Gasteiger partial charge on any atom is -0.296 e. The topological polar surface area (TPSA) is 34.0 Å². The molecule has 0 unspecified atom stereocenters. The molecule has 1 aliphatic rings. The summed E-state index contributed by atoms with van der Waals surface area (Å²) in [5.74, 6) is 1.90. The van der Waals surface area contributed by atoms with Gasteiger partial charge >= 0.3 is 0 Å². The highest BCUT2D eigenvalue weighted by molar-refractivity contribution is 5.55. The fourth-order valence-corrected chi connectivity index (χ4v) is 3.01. The fourth-order valence-electron chi connectivity index (χ4n) is 3.01. The van der Waals surface area contributed by atoms with Gasteiger partial charge in [-0.1, -0.05) is 37.6 Å². The summed E-state index contributed by atoms with van der Waals surface area (Å²) in [6, 6.07) is 8.73. The van der Waals surface area contributed by atoms with Crippen LogP contribution in [0.1, 0.15) is 37.6 Å². The van der Waals surface area contributed by atoms with Gasteiger partial charge in [-0.05, 0) is 37.9 Å². The number of rotatable bonds is 5. The highest BCUT2D eigenvalue weighted by atomic mass is 15.3. The zero-order valence-electron chi connectivity index (χ0n) is 13.0. The van der Waals surface area contributed by atoms with Gasteiger partial charge in [0.1, 0.15) is 0 Å². The molecule has 1 aromatic carbocycles. The zero-order valence-corrected chi connectivity index (χ0v) is 13.0. The summed E-state index contributed by atoms with van der Waals surface area (Å²) in [6.45, 7) is 5.45. The number of benzene rings is 1. The Labute approximate surface area is 126 Å². The van der Waals surface area contributed by atoms with Crippen molar-refractivity contribution in [3.63, 3.8) is 0 Å². The predicted molar refractivity (Wildman–Crippen MR) is 84.9 cm³/mol. The third-order valence-electron chi connectivity index (χ3n) is 4.12. The highest BCUT2D eigenvalue weighted by Gasteiger charge is 2.16. The molecular formula is C17H24N4. The van der Waals surface area contributed by atoms with Crippen LogP contribution in [0.4, 0.5) is 0 Å². The molecule has 0 N–H and O–H groups in total. The minimum absolute atomic E-state index is 0.877. The molecule has 1 aromatic heterocycles. The maximum atomic E-state index is 4.73. The van der Waals surface area contributed by atoms with Crippen LogP contribution in [0.3, 0.4) is 0 Å².